The number of para-hydroxylation sites is 1. The quantitative estimate of drug-likeness (QED) is 0.632. The molecule has 0 N–H and O–H groups in total. The average molecular weight is 290 g/mol. The minimum absolute atomic E-state index is 0.0321. The normalized spacial score (nSPS) is 15.8. The van der Waals surface area contributed by atoms with Crippen LogP contribution < -0.4 is 0 Å². The smallest absolute Gasteiger partial charge is 0.285 e. The highest BCUT2D eigenvalue weighted by Crippen LogP contribution is 2.27. The van der Waals surface area contributed by atoms with E-state index in [0.717, 1.165) is 0 Å². The maximum absolute atomic E-state index is 12.5. The Morgan fingerprint density at radius 3 is 2.52 bits per heavy atom. The van der Waals surface area contributed by atoms with Crippen molar-refractivity contribution in [3.05, 3.63) is 39.4 Å². The van der Waals surface area contributed by atoms with Gasteiger partial charge in [-0.2, -0.15) is 0 Å². The maximum Gasteiger partial charge on any atom is 0.285 e. The van der Waals surface area contributed by atoms with Gasteiger partial charge in [0, 0.05) is 31.5 Å². The third kappa shape index (κ3) is 3.09. The lowest BCUT2D eigenvalue weighted by molar-refractivity contribution is -0.385. The van der Waals surface area contributed by atoms with Crippen LogP contribution in [0.15, 0.2) is 18.2 Å². The number of hydrogen-bond acceptors (Lipinski definition) is 4. The molecule has 1 aromatic rings. The summed E-state index contributed by atoms with van der Waals surface area (Å²) in [7, 11) is 1.65. The lowest BCUT2D eigenvalue weighted by Gasteiger charge is -2.30. The maximum atomic E-state index is 12.5. The molecule has 6 nitrogen and oxygen atoms in total. The zero-order valence-electron chi connectivity index (χ0n) is 12.2. The number of aryl methyl sites for hydroxylation is 1. The number of carbonyl (C=O) groups is 2. The van der Waals surface area contributed by atoms with Crippen molar-refractivity contribution in [3.63, 3.8) is 0 Å². The molecular weight excluding hydrogens is 272 g/mol. The Labute approximate surface area is 122 Å². The van der Waals surface area contributed by atoms with Gasteiger partial charge >= 0.3 is 0 Å². The summed E-state index contributed by atoms with van der Waals surface area (Å²) in [6.07, 6.45) is 2.19. The van der Waals surface area contributed by atoms with Crippen LogP contribution in [0.2, 0.25) is 0 Å². The average Bonchev–Trinajstić information content (AvgIpc) is 2.46. The van der Waals surface area contributed by atoms with Gasteiger partial charge in [-0.1, -0.05) is 12.1 Å². The Morgan fingerprint density at radius 2 is 1.95 bits per heavy atom. The lowest BCUT2D eigenvalue weighted by atomic mass is 9.93. The fourth-order valence-corrected chi connectivity index (χ4v) is 2.74. The molecule has 2 rings (SSSR count). The van der Waals surface area contributed by atoms with Crippen molar-refractivity contribution in [2.75, 3.05) is 7.05 Å². The Balaban J connectivity index is 2.26. The summed E-state index contributed by atoms with van der Waals surface area (Å²) < 4.78 is 0. The summed E-state index contributed by atoms with van der Waals surface area (Å²) >= 11 is 0. The largest absolute Gasteiger partial charge is 0.338 e. The zero-order chi connectivity index (χ0) is 15.6. The van der Waals surface area contributed by atoms with Gasteiger partial charge in [0.25, 0.3) is 11.6 Å². The van der Waals surface area contributed by atoms with Gasteiger partial charge in [-0.05, 0) is 25.8 Å². The van der Waals surface area contributed by atoms with Gasteiger partial charge in [0.05, 0.1) is 4.92 Å². The van der Waals surface area contributed by atoms with E-state index < -0.39 is 4.92 Å². The van der Waals surface area contributed by atoms with Crippen LogP contribution in [0.5, 0.6) is 0 Å². The summed E-state index contributed by atoms with van der Waals surface area (Å²) in [6.45, 7) is 1.62. The second-order valence-electron chi connectivity index (χ2n) is 5.41. The minimum atomic E-state index is -0.513. The van der Waals surface area contributed by atoms with Crippen LogP contribution in [-0.4, -0.2) is 34.6 Å². The molecule has 0 aliphatic heterocycles. The van der Waals surface area contributed by atoms with E-state index in [-0.39, 0.29) is 29.0 Å². The first-order valence-electron chi connectivity index (χ1n) is 6.94. The molecule has 1 amide bonds. The van der Waals surface area contributed by atoms with E-state index in [0.29, 0.717) is 31.2 Å². The molecule has 6 heteroatoms. The van der Waals surface area contributed by atoms with Gasteiger partial charge in [0.1, 0.15) is 11.3 Å². The number of ketones is 1. The zero-order valence-corrected chi connectivity index (χ0v) is 12.2. The first-order chi connectivity index (χ1) is 9.91. The van der Waals surface area contributed by atoms with E-state index >= 15 is 0 Å². The van der Waals surface area contributed by atoms with Crippen LogP contribution >= 0.6 is 0 Å². The first-order valence-corrected chi connectivity index (χ1v) is 6.94. The predicted molar refractivity (Wildman–Crippen MR) is 77.2 cm³/mol. The molecule has 0 radical (unpaired) electrons. The van der Waals surface area contributed by atoms with E-state index in [1.807, 2.05) is 0 Å². The third-order valence-electron chi connectivity index (χ3n) is 4.03. The van der Waals surface area contributed by atoms with Crippen molar-refractivity contribution in [1.29, 1.82) is 0 Å². The van der Waals surface area contributed by atoms with Gasteiger partial charge in [-0.3, -0.25) is 19.7 Å². The molecule has 1 aliphatic carbocycles. The van der Waals surface area contributed by atoms with Crippen LogP contribution in [-0.2, 0) is 4.79 Å². The number of nitro groups is 1. The molecular formula is C15H18N2O4. The van der Waals surface area contributed by atoms with Crippen molar-refractivity contribution in [1.82, 2.24) is 4.90 Å². The number of rotatable bonds is 3. The molecule has 1 saturated carbocycles. The standard InChI is InChI=1S/C15H18N2O4/c1-10-4-3-5-13(14(10)17(20)21)15(19)16(2)11-6-8-12(18)9-7-11/h3-5,11H,6-9H2,1-2H3. The summed E-state index contributed by atoms with van der Waals surface area (Å²) in [6, 6.07) is 4.72. The topological polar surface area (TPSA) is 80.5 Å². The van der Waals surface area contributed by atoms with Gasteiger partial charge in [0.15, 0.2) is 0 Å². The molecule has 0 atom stereocenters. The van der Waals surface area contributed by atoms with Crippen LogP contribution in [0.4, 0.5) is 5.69 Å². The predicted octanol–water partition coefficient (Wildman–Crippen LogP) is 2.49. The van der Waals surface area contributed by atoms with Crippen molar-refractivity contribution in [2.24, 2.45) is 0 Å². The molecule has 0 bridgehead atoms. The number of hydrogen-bond donors (Lipinski definition) is 0. The summed E-state index contributed by atoms with van der Waals surface area (Å²) in [5.41, 5.74) is 0.443. The Kier molecular flexibility index (Phi) is 4.35. The number of benzene rings is 1. The van der Waals surface area contributed by atoms with E-state index in [1.54, 1.807) is 26.1 Å². The van der Waals surface area contributed by atoms with Gasteiger partial charge in [-0.15, -0.1) is 0 Å². The Morgan fingerprint density at radius 1 is 1.33 bits per heavy atom. The lowest BCUT2D eigenvalue weighted by Crippen LogP contribution is -2.39. The van der Waals surface area contributed by atoms with Crippen LogP contribution in [0, 0.1) is 17.0 Å². The van der Waals surface area contributed by atoms with Gasteiger partial charge in [-0.25, -0.2) is 0 Å². The number of carbonyl (C=O) groups excluding carboxylic acids is 2. The molecule has 21 heavy (non-hydrogen) atoms. The fourth-order valence-electron chi connectivity index (χ4n) is 2.74. The third-order valence-corrected chi connectivity index (χ3v) is 4.03. The highest BCUT2D eigenvalue weighted by molar-refractivity contribution is 5.98. The Bertz CT molecular complexity index is 587. The summed E-state index contributed by atoms with van der Waals surface area (Å²) in [5, 5.41) is 11.2. The van der Waals surface area contributed by atoms with Crippen molar-refractivity contribution < 1.29 is 14.5 Å². The number of Topliss-reactive ketones (excluding diaryl/α,β-unsaturated/α-hetero) is 1. The molecule has 0 saturated heterocycles. The minimum Gasteiger partial charge on any atom is -0.338 e. The molecule has 1 fully saturated rings. The number of amides is 1. The van der Waals surface area contributed by atoms with E-state index in [2.05, 4.69) is 0 Å². The monoisotopic (exact) mass is 290 g/mol. The van der Waals surface area contributed by atoms with E-state index in [4.69, 9.17) is 0 Å². The molecule has 1 aromatic carbocycles. The summed E-state index contributed by atoms with van der Waals surface area (Å²) in [5.74, 6) is -0.140. The van der Waals surface area contributed by atoms with E-state index in [9.17, 15) is 19.7 Å². The second-order valence-corrected chi connectivity index (χ2v) is 5.41. The fraction of sp³-hybridized carbons (Fsp3) is 0.467. The second kappa shape index (κ2) is 6.03. The van der Waals surface area contributed by atoms with Gasteiger partial charge in [0.2, 0.25) is 0 Å². The molecule has 1 aliphatic rings. The first kappa shape index (κ1) is 15.2. The molecule has 0 heterocycles. The highest BCUT2D eigenvalue weighted by Gasteiger charge is 2.30. The van der Waals surface area contributed by atoms with Gasteiger partial charge < -0.3 is 4.90 Å². The SMILES string of the molecule is Cc1cccc(C(=O)N(C)C2CCC(=O)CC2)c1[N+](=O)[O-]. The number of nitro benzene ring substituents is 1. The number of nitrogens with zero attached hydrogens (tertiary/aromatic N) is 2. The molecule has 0 spiro atoms. The van der Waals surface area contributed by atoms with Crippen LogP contribution in [0.1, 0.15) is 41.6 Å². The van der Waals surface area contributed by atoms with Crippen molar-refractivity contribution >= 4 is 17.4 Å². The van der Waals surface area contributed by atoms with Crippen molar-refractivity contribution in [2.45, 2.75) is 38.6 Å². The van der Waals surface area contributed by atoms with E-state index in [1.165, 1.54) is 11.0 Å². The van der Waals surface area contributed by atoms with Crippen molar-refractivity contribution in [3.8, 4) is 0 Å². The van der Waals surface area contributed by atoms with Crippen LogP contribution in [0.3, 0.4) is 0 Å². The molecule has 0 aromatic heterocycles. The molecule has 0 unspecified atom stereocenters. The Hall–Kier alpha value is -2.24. The highest BCUT2D eigenvalue weighted by atomic mass is 16.6. The summed E-state index contributed by atoms with van der Waals surface area (Å²) in [4.78, 5) is 36.0. The molecule has 112 valence electrons. The van der Waals surface area contributed by atoms with Crippen LogP contribution in [0.25, 0.3) is 0 Å².